The third kappa shape index (κ3) is 2.15. The first-order valence-electron chi connectivity index (χ1n) is 6.55. The summed E-state index contributed by atoms with van der Waals surface area (Å²) in [4.78, 5) is 14.2. The van der Waals surface area contributed by atoms with Crippen molar-refractivity contribution in [1.82, 2.24) is 4.90 Å². The molecule has 1 aromatic rings. The Hall–Kier alpha value is -1.35. The summed E-state index contributed by atoms with van der Waals surface area (Å²) in [5, 5.41) is 9.81. The molecule has 1 fully saturated rings. The quantitative estimate of drug-likeness (QED) is 0.872. The highest BCUT2D eigenvalue weighted by atomic mass is 16.4. The molecule has 1 aromatic carbocycles. The standard InChI is InChI=1S/C15H21NO2/c1-12-11-16(2)10-6-9-15(12,14(17)18)13-7-4-3-5-8-13/h3-5,7-8,12H,6,9-11H2,1-2H3,(H,17,18). The van der Waals surface area contributed by atoms with Crippen molar-refractivity contribution in [2.24, 2.45) is 5.92 Å². The SMILES string of the molecule is CC1CN(C)CCCC1(C(=O)O)c1ccccc1. The molecule has 2 rings (SSSR count). The molecule has 2 unspecified atom stereocenters. The summed E-state index contributed by atoms with van der Waals surface area (Å²) < 4.78 is 0. The van der Waals surface area contributed by atoms with E-state index in [1.807, 2.05) is 30.3 Å². The van der Waals surface area contributed by atoms with Crippen LogP contribution in [-0.4, -0.2) is 36.1 Å². The Labute approximate surface area is 108 Å². The molecule has 0 amide bonds. The van der Waals surface area contributed by atoms with E-state index >= 15 is 0 Å². The summed E-state index contributed by atoms with van der Waals surface area (Å²) in [6, 6.07) is 9.71. The van der Waals surface area contributed by atoms with Gasteiger partial charge in [0.25, 0.3) is 0 Å². The van der Waals surface area contributed by atoms with E-state index < -0.39 is 11.4 Å². The van der Waals surface area contributed by atoms with Gasteiger partial charge in [0.05, 0.1) is 5.41 Å². The summed E-state index contributed by atoms with van der Waals surface area (Å²) >= 11 is 0. The molecule has 1 aliphatic rings. The molecule has 3 nitrogen and oxygen atoms in total. The van der Waals surface area contributed by atoms with Crippen LogP contribution in [0.3, 0.4) is 0 Å². The Kier molecular flexibility index (Phi) is 3.71. The van der Waals surface area contributed by atoms with Crippen molar-refractivity contribution in [2.75, 3.05) is 20.1 Å². The average Bonchev–Trinajstić information content (AvgIpc) is 2.49. The molecule has 3 heteroatoms. The number of carboxylic acid groups (broad SMARTS) is 1. The van der Waals surface area contributed by atoms with Crippen LogP contribution in [0.25, 0.3) is 0 Å². The first-order chi connectivity index (χ1) is 8.57. The van der Waals surface area contributed by atoms with Crippen LogP contribution in [-0.2, 0) is 10.2 Å². The van der Waals surface area contributed by atoms with E-state index in [9.17, 15) is 9.90 Å². The van der Waals surface area contributed by atoms with Crippen molar-refractivity contribution in [2.45, 2.75) is 25.2 Å². The zero-order valence-corrected chi connectivity index (χ0v) is 11.1. The van der Waals surface area contributed by atoms with E-state index in [1.165, 1.54) is 0 Å². The molecule has 98 valence electrons. The fourth-order valence-electron chi connectivity index (χ4n) is 3.19. The van der Waals surface area contributed by atoms with Crippen LogP contribution in [0.1, 0.15) is 25.3 Å². The van der Waals surface area contributed by atoms with E-state index in [2.05, 4.69) is 18.9 Å². The lowest BCUT2D eigenvalue weighted by molar-refractivity contribution is -0.146. The number of hydrogen-bond donors (Lipinski definition) is 1. The molecule has 2 atom stereocenters. The van der Waals surface area contributed by atoms with Crippen LogP contribution < -0.4 is 0 Å². The number of benzene rings is 1. The third-order valence-corrected chi connectivity index (χ3v) is 4.21. The van der Waals surface area contributed by atoms with Crippen LogP contribution in [0.4, 0.5) is 0 Å². The van der Waals surface area contributed by atoms with Crippen LogP contribution in [0, 0.1) is 5.92 Å². The first-order valence-corrected chi connectivity index (χ1v) is 6.55. The van der Waals surface area contributed by atoms with Crippen LogP contribution in [0.15, 0.2) is 30.3 Å². The summed E-state index contributed by atoms with van der Waals surface area (Å²) in [5.74, 6) is -0.568. The van der Waals surface area contributed by atoms with Gasteiger partial charge in [-0.1, -0.05) is 37.3 Å². The summed E-state index contributed by atoms with van der Waals surface area (Å²) in [6.45, 7) is 3.87. The van der Waals surface area contributed by atoms with E-state index in [1.54, 1.807) is 0 Å². The molecule has 0 spiro atoms. The number of carboxylic acids is 1. The number of hydrogen-bond acceptors (Lipinski definition) is 2. The summed E-state index contributed by atoms with van der Waals surface area (Å²) in [7, 11) is 2.07. The minimum absolute atomic E-state index is 0.116. The molecule has 1 N–H and O–H groups in total. The second-order valence-corrected chi connectivity index (χ2v) is 5.41. The molecular formula is C15H21NO2. The fraction of sp³-hybridized carbons (Fsp3) is 0.533. The number of nitrogens with zero attached hydrogens (tertiary/aromatic N) is 1. The lowest BCUT2D eigenvalue weighted by Gasteiger charge is -2.34. The van der Waals surface area contributed by atoms with Gasteiger partial charge < -0.3 is 10.0 Å². The van der Waals surface area contributed by atoms with Gasteiger partial charge in [-0.05, 0) is 37.9 Å². The maximum absolute atomic E-state index is 11.9. The van der Waals surface area contributed by atoms with Gasteiger partial charge in [-0.25, -0.2) is 0 Å². The maximum Gasteiger partial charge on any atom is 0.314 e. The maximum atomic E-state index is 11.9. The molecule has 0 radical (unpaired) electrons. The molecule has 0 bridgehead atoms. The molecule has 1 heterocycles. The topological polar surface area (TPSA) is 40.5 Å². The van der Waals surface area contributed by atoms with Crippen molar-refractivity contribution >= 4 is 5.97 Å². The molecule has 0 aromatic heterocycles. The van der Waals surface area contributed by atoms with Crippen molar-refractivity contribution in [3.8, 4) is 0 Å². The second kappa shape index (κ2) is 5.11. The Morgan fingerprint density at radius 1 is 1.39 bits per heavy atom. The fourth-order valence-corrected chi connectivity index (χ4v) is 3.19. The lowest BCUT2D eigenvalue weighted by Crippen LogP contribution is -2.44. The Bertz CT molecular complexity index is 418. The van der Waals surface area contributed by atoms with Crippen LogP contribution >= 0.6 is 0 Å². The Morgan fingerprint density at radius 3 is 2.67 bits per heavy atom. The summed E-state index contributed by atoms with van der Waals surface area (Å²) in [6.07, 6.45) is 1.65. The minimum atomic E-state index is -0.730. The summed E-state index contributed by atoms with van der Waals surface area (Å²) in [5.41, 5.74) is 0.215. The van der Waals surface area contributed by atoms with Crippen LogP contribution in [0.5, 0.6) is 0 Å². The molecule has 1 aliphatic heterocycles. The lowest BCUT2D eigenvalue weighted by atomic mass is 9.68. The molecule has 0 aliphatic carbocycles. The normalized spacial score (nSPS) is 29.8. The van der Waals surface area contributed by atoms with E-state index in [-0.39, 0.29) is 5.92 Å². The zero-order chi connectivity index (χ0) is 13.2. The predicted molar refractivity (Wildman–Crippen MR) is 71.7 cm³/mol. The van der Waals surface area contributed by atoms with Crippen molar-refractivity contribution < 1.29 is 9.90 Å². The second-order valence-electron chi connectivity index (χ2n) is 5.41. The number of likely N-dealkylation sites (tertiary alicyclic amines) is 1. The highest BCUT2D eigenvalue weighted by molar-refractivity contribution is 5.82. The van der Waals surface area contributed by atoms with Crippen molar-refractivity contribution in [3.05, 3.63) is 35.9 Å². The van der Waals surface area contributed by atoms with Gasteiger partial charge in [-0.15, -0.1) is 0 Å². The van der Waals surface area contributed by atoms with Gasteiger partial charge in [0, 0.05) is 6.54 Å². The predicted octanol–water partition coefficient (Wildman–Crippen LogP) is 2.37. The van der Waals surface area contributed by atoms with E-state index in [0.29, 0.717) is 0 Å². The number of carbonyl (C=O) groups is 1. The molecule has 0 saturated carbocycles. The van der Waals surface area contributed by atoms with Gasteiger partial charge in [0.1, 0.15) is 0 Å². The Balaban J connectivity index is 2.46. The molecular weight excluding hydrogens is 226 g/mol. The van der Waals surface area contributed by atoms with Crippen LogP contribution in [0.2, 0.25) is 0 Å². The zero-order valence-electron chi connectivity index (χ0n) is 11.1. The van der Waals surface area contributed by atoms with Gasteiger partial charge in [-0.2, -0.15) is 0 Å². The van der Waals surface area contributed by atoms with Gasteiger partial charge >= 0.3 is 5.97 Å². The highest BCUT2D eigenvalue weighted by Crippen LogP contribution is 2.39. The largest absolute Gasteiger partial charge is 0.481 e. The highest BCUT2D eigenvalue weighted by Gasteiger charge is 2.46. The van der Waals surface area contributed by atoms with E-state index in [0.717, 1.165) is 31.5 Å². The van der Waals surface area contributed by atoms with Crippen molar-refractivity contribution in [1.29, 1.82) is 0 Å². The number of rotatable bonds is 2. The Morgan fingerprint density at radius 2 is 2.06 bits per heavy atom. The molecule has 1 saturated heterocycles. The monoisotopic (exact) mass is 247 g/mol. The smallest absolute Gasteiger partial charge is 0.314 e. The third-order valence-electron chi connectivity index (χ3n) is 4.21. The van der Waals surface area contributed by atoms with Gasteiger partial charge in [-0.3, -0.25) is 4.79 Å². The van der Waals surface area contributed by atoms with Crippen molar-refractivity contribution in [3.63, 3.8) is 0 Å². The van der Waals surface area contributed by atoms with Gasteiger partial charge in [0.2, 0.25) is 0 Å². The molecule has 18 heavy (non-hydrogen) atoms. The van der Waals surface area contributed by atoms with E-state index in [4.69, 9.17) is 0 Å². The van der Waals surface area contributed by atoms with Gasteiger partial charge in [0.15, 0.2) is 0 Å². The first kappa shape index (κ1) is 13.1. The minimum Gasteiger partial charge on any atom is -0.481 e. The number of aliphatic carboxylic acids is 1. The average molecular weight is 247 g/mol.